The summed E-state index contributed by atoms with van der Waals surface area (Å²) in [5.74, 6) is 10.0. The third kappa shape index (κ3) is 11.9. The van der Waals surface area contributed by atoms with Crippen LogP contribution in [0.15, 0.2) is 28.2 Å². The molecule has 1 aromatic carbocycles. The molecular weight excluding hydrogens is 623 g/mol. The Labute approximate surface area is 280 Å². The number of terminal acetylenes is 1. The molecule has 0 spiro atoms. The first-order valence-corrected chi connectivity index (χ1v) is 19.9. The van der Waals surface area contributed by atoms with Crippen molar-refractivity contribution in [2.24, 2.45) is 9.98 Å². The van der Waals surface area contributed by atoms with Crippen molar-refractivity contribution in [3.8, 4) is 29.9 Å². The zero-order valence-corrected chi connectivity index (χ0v) is 31.1. The monoisotopic (exact) mass is 677 g/mol. The van der Waals surface area contributed by atoms with Crippen molar-refractivity contribution in [1.82, 2.24) is 0 Å². The lowest BCUT2D eigenvalue weighted by atomic mass is 9.85. The first-order valence-electron chi connectivity index (χ1n) is 15.8. The van der Waals surface area contributed by atoms with Gasteiger partial charge >= 0.3 is 0 Å². The number of ether oxygens (including phenoxy) is 2. The van der Waals surface area contributed by atoms with Gasteiger partial charge in [0.1, 0.15) is 12.0 Å². The maximum Gasteiger partial charge on any atom is 0.264 e. The highest BCUT2D eigenvalue weighted by atomic mass is 32.3. The zero-order valence-electron chi connectivity index (χ0n) is 29.5. The molecule has 0 N–H and O–H groups in total. The molecule has 1 unspecified atom stereocenters. The van der Waals surface area contributed by atoms with Crippen molar-refractivity contribution in [3.63, 3.8) is 0 Å². The highest BCUT2D eigenvalue weighted by Gasteiger charge is 2.44. The van der Waals surface area contributed by atoms with Gasteiger partial charge in [-0.15, -0.1) is 12.3 Å². The molecular formula is C35H55N3O6S2. The highest BCUT2D eigenvalue weighted by molar-refractivity contribution is 8.30. The third-order valence-electron chi connectivity index (χ3n) is 7.99. The lowest BCUT2D eigenvalue weighted by Crippen LogP contribution is -2.38. The summed E-state index contributed by atoms with van der Waals surface area (Å²) in [4.78, 5) is 11.0. The minimum Gasteiger partial charge on any atom is -0.449 e. The van der Waals surface area contributed by atoms with Gasteiger partial charge in [-0.2, -0.15) is 8.42 Å². The number of aliphatic imine (C=N–C) groups is 2. The SMILES string of the molecule is C#CCCCOCC[C@H](C)OS(C)(=O)=O.CN=CC(=NC)C1(c2cc(OS(C)(C)C(C)(C)C)ccc2N(C)C2CCCCO2)C#C1. The first-order chi connectivity index (χ1) is 21.5. The van der Waals surface area contributed by atoms with E-state index in [-0.39, 0.29) is 17.1 Å². The number of rotatable bonds is 15. The summed E-state index contributed by atoms with van der Waals surface area (Å²) >= 11 is 0. The standard InChI is InChI=1S/C25H37N3O2S.C10H18O4S/c1-24(2,3)31(7,8)30-19-12-13-21(28(6)23-11-9-10-16-29-23)20(17-19)25(14-15-25)22(27-5)18-26-4;1-4-5-6-8-13-9-7-10(2)14-15(3,11)12/h12-13,17-18,23H,9-11,16H2,1-8H3;1,10H,5-9H2,2-3H3/t;10-/m.0/s1. The number of hydrogen-bond donors (Lipinski definition) is 0. The Kier molecular flexibility index (Phi) is 15.1. The molecule has 1 heterocycles. The van der Waals surface area contributed by atoms with Crippen molar-refractivity contribution in [2.75, 3.05) is 64.6 Å². The van der Waals surface area contributed by atoms with E-state index in [4.69, 9.17) is 24.3 Å². The molecule has 1 aliphatic heterocycles. The normalized spacial score (nSPS) is 18.8. The van der Waals surface area contributed by atoms with Crippen molar-refractivity contribution in [1.29, 1.82) is 0 Å². The van der Waals surface area contributed by atoms with Gasteiger partial charge in [0, 0.05) is 69.6 Å². The summed E-state index contributed by atoms with van der Waals surface area (Å²) in [5, 5.41) is 0. The van der Waals surface area contributed by atoms with Crippen LogP contribution in [-0.2, 0) is 29.2 Å². The van der Waals surface area contributed by atoms with Crippen LogP contribution in [-0.4, -0.2) is 97.2 Å². The molecule has 3 rings (SSSR count). The molecule has 2 aliphatic rings. The Morgan fingerprint density at radius 3 is 2.43 bits per heavy atom. The quantitative estimate of drug-likeness (QED) is 0.0972. The minimum atomic E-state index is -3.36. The van der Waals surface area contributed by atoms with Crippen molar-refractivity contribution < 1.29 is 26.3 Å². The van der Waals surface area contributed by atoms with E-state index in [9.17, 15) is 8.42 Å². The van der Waals surface area contributed by atoms with E-state index in [2.05, 4.69) is 91.2 Å². The van der Waals surface area contributed by atoms with Gasteiger partial charge in [0.25, 0.3) is 10.1 Å². The molecule has 1 aromatic rings. The smallest absolute Gasteiger partial charge is 0.264 e. The average molecular weight is 678 g/mol. The number of unbranched alkanes of at least 4 members (excludes halogenated alkanes) is 1. The topological polar surface area (TPSA) is 99.0 Å². The molecule has 1 fully saturated rings. The molecule has 0 saturated carbocycles. The average Bonchev–Trinajstić information content (AvgIpc) is 3.78. The van der Waals surface area contributed by atoms with Crippen LogP contribution in [0.25, 0.3) is 0 Å². The molecule has 0 amide bonds. The Hall–Kier alpha value is -2.54. The fourth-order valence-corrected chi connectivity index (χ4v) is 6.13. The lowest BCUT2D eigenvalue weighted by molar-refractivity contribution is 0.0173. The number of hydrogen-bond acceptors (Lipinski definition) is 9. The molecule has 0 aromatic heterocycles. The van der Waals surface area contributed by atoms with Crippen LogP contribution in [0.2, 0.25) is 0 Å². The Morgan fingerprint density at radius 1 is 1.22 bits per heavy atom. The van der Waals surface area contributed by atoms with Gasteiger partial charge in [0.2, 0.25) is 0 Å². The predicted molar refractivity (Wildman–Crippen MR) is 194 cm³/mol. The molecule has 258 valence electrons. The fraction of sp³-hybridized carbons (Fsp3) is 0.657. The highest BCUT2D eigenvalue weighted by Crippen LogP contribution is 2.54. The Bertz CT molecular complexity index is 1400. The van der Waals surface area contributed by atoms with E-state index in [1.807, 2.05) is 0 Å². The molecule has 11 heteroatoms. The molecule has 46 heavy (non-hydrogen) atoms. The minimum absolute atomic E-state index is 0.0635. The maximum atomic E-state index is 10.7. The van der Waals surface area contributed by atoms with E-state index in [1.54, 1.807) is 27.2 Å². The molecule has 1 saturated heterocycles. The summed E-state index contributed by atoms with van der Waals surface area (Å²) in [6.07, 6.45) is 17.5. The van der Waals surface area contributed by atoms with Gasteiger partial charge < -0.3 is 18.6 Å². The maximum absolute atomic E-state index is 10.7. The second kappa shape index (κ2) is 17.6. The van der Waals surface area contributed by atoms with E-state index >= 15 is 0 Å². The Morgan fingerprint density at radius 2 is 1.91 bits per heavy atom. The van der Waals surface area contributed by atoms with Gasteiger partial charge in [0.05, 0.1) is 18.1 Å². The molecule has 0 bridgehead atoms. The summed E-state index contributed by atoms with van der Waals surface area (Å²) in [6.45, 7) is 10.3. The van der Waals surface area contributed by atoms with Gasteiger partial charge in [-0.05, 0) is 90.5 Å². The van der Waals surface area contributed by atoms with Crippen LogP contribution < -0.4 is 9.08 Å². The van der Waals surface area contributed by atoms with Crippen molar-refractivity contribution >= 4 is 38.0 Å². The molecule has 1 aliphatic carbocycles. The van der Waals surface area contributed by atoms with Gasteiger partial charge in [-0.3, -0.25) is 14.2 Å². The Balaban J connectivity index is 0.000000415. The van der Waals surface area contributed by atoms with Crippen LogP contribution in [0.3, 0.4) is 0 Å². The number of anilines is 1. The summed E-state index contributed by atoms with van der Waals surface area (Å²) in [6, 6.07) is 6.35. The van der Waals surface area contributed by atoms with E-state index in [1.165, 1.54) is 6.42 Å². The van der Waals surface area contributed by atoms with Crippen LogP contribution >= 0.6 is 10.3 Å². The number of benzene rings is 1. The lowest BCUT2D eigenvalue weighted by Gasteiger charge is -2.44. The third-order valence-corrected chi connectivity index (χ3v) is 12.2. The van der Waals surface area contributed by atoms with Crippen LogP contribution in [0.5, 0.6) is 5.75 Å². The van der Waals surface area contributed by atoms with Crippen LogP contribution in [0.4, 0.5) is 5.69 Å². The summed E-state index contributed by atoms with van der Waals surface area (Å²) in [5.41, 5.74) is 2.39. The van der Waals surface area contributed by atoms with Crippen molar-refractivity contribution in [2.45, 2.75) is 88.7 Å². The zero-order chi connectivity index (χ0) is 34.6. The van der Waals surface area contributed by atoms with Crippen LogP contribution in [0.1, 0.15) is 71.8 Å². The van der Waals surface area contributed by atoms with E-state index < -0.39 is 25.8 Å². The predicted octanol–water partition coefficient (Wildman–Crippen LogP) is 6.00. The fourth-order valence-electron chi connectivity index (χ4n) is 4.61. The molecule has 0 radical (unpaired) electrons. The number of nitrogens with zero attached hydrogens (tertiary/aromatic N) is 3. The summed E-state index contributed by atoms with van der Waals surface area (Å²) in [7, 11) is 0.985. The molecule has 9 nitrogen and oxygen atoms in total. The summed E-state index contributed by atoms with van der Waals surface area (Å²) < 4.78 is 44.2. The van der Waals surface area contributed by atoms with Crippen LogP contribution in [0, 0.1) is 24.2 Å². The van der Waals surface area contributed by atoms with Gasteiger partial charge in [0.15, 0.2) is 5.41 Å². The van der Waals surface area contributed by atoms with E-state index in [0.29, 0.717) is 26.1 Å². The van der Waals surface area contributed by atoms with Gasteiger partial charge in [-0.25, -0.2) is 0 Å². The molecule has 2 atom stereocenters. The largest absolute Gasteiger partial charge is 0.449 e. The first kappa shape index (κ1) is 39.6. The second-order valence-electron chi connectivity index (χ2n) is 12.9. The van der Waals surface area contributed by atoms with Gasteiger partial charge in [-0.1, -0.05) is 22.1 Å². The van der Waals surface area contributed by atoms with Crippen molar-refractivity contribution in [3.05, 3.63) is 23.8 Å². The van der Waals surface area contributed by atoms with E-state index in [0.717, 1.165) is 54.8 Å². The second-order valence-corrected chi connectivity index (χ2v) is 18.3.